The van der Waals surface area contributed by atoms with Crippen LogP contribution in [-0.4, -0.2) is 31.2 Å². The standard InChI is InChI=1S/C18H18FN3O3/c1-2-25-16-9-3-13(4-10-16)11-21-22-17(23)12-20-18(24)14-5-7-15(19)8-6-14/h3-11H,2,12H2,1H3,(H,20,24)(H,22,23)/b21-11-. The summed E-state index contributed by atoms with van der Waals surface area (Å²) in [5.74, 6) is -0.617. The van der Waals surface area contributed by atoms with Crippen molar-refractivity contribution in [1.82, 2.24) is 10.7 Å². The zero-order valence-corrected chi connectivity index (χ0v) is 13.7. The summed E-state index contributed by atoms with van der Waals surface area (Å²) < 4.78 is 18.1. The maximum absolute atomic E-state index is 12.8. The number of ether oxygens (including phenoxy) is 1. The van der Waals surface area contributed by atoms with Crippen LogP contribution in [-0.2, 0) is 4.79 Å². The van der Waals surface area contributed by atoms with E-state index in [9.17, 15) is 14.0 Å². The molecule has 2 aromatic rings. The van der Waals surface area contributed by atoms with E-state index in [0.29, 0.717) is 6.61 Å². The second-order valence-electron chi connectivity index (χ2n) is 4.98. The summed E-state index contributed by atoms with van der Waals surface area (Å²) in [7, 11) is 0. The Morgan fingerprint density at radius 3 is 2.44 bits per heavy atom. The van der Waals surface area contributed by atoms with Gasteiger partial charge in [0.1, 0.15) is 11.6 Å². The molecule has 0 aliphatic carbocycles. The maximum atomic E-state index is 12.8. The zero-order chi connectivity index (χ0) is 18.1. The lowest BCUT2D eigenvalue weighted by Gasteiger charge is -2.04. The zero-order valence-electron chi connectivity index (χ0n) is 13.7. The molecule has 0 saturated heterocycles. The summed E-state index contributed by atoms with van der Waals surface area (Å²) in [4.78, 5) is 23.4. The van der Waals surface area contributed by atoms with E-state index in [4.69, 9.17) is 4.74 Å². The Labute approximate surface area is 144 Å². The van der Waals surface area contributed by atoms with Gasteiger partial charge in [0.05, 0.1) is 19.4 Å². The van der Waals surface area contributed by atoms with E-state index >= 15 is 0 Å². The van der Waals surface area contributed by atoms with Crippen molar-refractivity contribution in [2.45, 2.75) is 6.92 Å². The Morgan fingerprint density at radius 2 is 1.80 bits per heavy atom. The molecule has 7 heteroatoms. The predicted molar refractivity (Wildman–Crippen MR) is 92.1 cm³/mol. The molecular formula is C18H18FN3O3. The monoisotopic (exact) mass is 343 g/mol. The number of nitrogens with one attached hydrogen (secondary N) is 2. The summed E-state index contributed by atoms with van der Waals surface area (Å²) in [6.45, 7) is 2.25. The number of carbonyl (C=O) groups excluding carboxylic acids is 2. The molecule has 0 aliphatic rings. The molecule has 0 fully saturated rings. The van der Waals surface area contributed by atoms with Crippen LogP contribution in [0.2, 0.25) is 0 Å². The lowest BCUT2D eigenvalue weighted by atomic mass is 10.2. The van der Waals surface area contributed by atoms with Crippen LogP contribution in [0.1, 0.15) is 22.8 Å². The molecule has 0 atom stereocenters. The number of benzene rings is 2. The highest BCUT2D eigenvalue weighted by Gasteiger charge is 2.07. The minimum Gasteiger partial charge on any atom is -0.494 e. The molecule has 2 N–H and O–H groups in total. The molecule has 0 spiro atoms. The Morgan fingerprint density at radius 1 is 1.12 bits per heavy atom. The van der Waals surface area contributed by atoms with Crippen LogP contribution in [0, 0.1) is 5.82 Å². The Balaban J connectivity index is 1.76. The van der Waals surface area contributed by atoms with E-state index < -0.39 is 17.6 Å². The van der Waals surface area contributed by atoms with Gasteiger partial charge in [0.2, 0.25) is 0 Å². The van der Waals surface area contributed by atoms with Crippen molar-refractivity contribution >= 4 is 18.0 Å². The predicted octanol–water partition coefficient (Wildman–Crippen LogP) is 2.10. The van der Waals surface area contributed by atoms with E-state index in [0.717, 1.165) is 11.3 Å². The minimum atomic E-state index is -0.474. The topological polar surface area (TPSA) is 79.8 Å². The molecule has 0 aromatic heterocycles. The van der Waals surface area contributed by atoms with Crippen LogP contribution in [0.25, 0.3) is 0 Å². The van der Waals surface area contributed by atoms with E-state index in [-0.39, 0.29) is 12.1 Å². The van der Waals surface area contributed by atoms with Crippen molar-refractivity contribution in [3.8, 4) is 5.75 Å². The smallest absolute Gasteiger partial charge is 0.259 e. The molecule has 0 aliphatic heterocycles. The van der Waals surface area contributed by atoms with Gasteiger partial charge in [0.15, 0.2) is 0 Å². The second kappa shape index (κ2) is 9.17. The molecule has 2 amide bonds. The molecule has 0 bridgehead atoms. The summed E-state index contributed by atoms with van der Waals surface area (Å²) >= 11 is 0. The molecule has 2 rings (SSSR count). The molecule has 0 radical (unpaired) electrons. The fourth-order valence-electron chi connectivity index (χ4n) is 1.90. The number of carbonyl (C=O) groups is 2. The van der Waals surface area contributed by atoms with Gasteiger partial charge in [-0.1, -0.05) is 0 Å². The normalized spacial score (nSPS) is 10.5. The maximum Gasteiger partial charge on any atom is 0.259 e. The SMILES string of the molecule is CCOc1ccc(/C=N\NC(=O)CNC(=O)c2ccc(F)cc2)cc1. The third-order valence-corrected chi connectivity index (χ3v) is 3.11. The van der Waals surface area contributed by atoms with Gasteiger partial charge in [-0.05, 0) is 61.0 Å². The number of rotatable bonds is 7. The number of amides is 2. The van der Waals surface area contributed by atoms with Crippen molar-refractivity contribution in [2.24, 2.45) is 5.10 Å². The van der Waals surface area contributed by atoms with Crippen LogP contribution in [0.4, 0.5) is 4.39 Å². The van der Waals surface area contributed by atoms with E-state index in [2.05, 4.69) is 15.8 Å². The highest BCUT2D eigenvalue weighted by Crippen LogP contribution is 2.10. The van der Waals surface area contributed by atoms with Crippen LogP contribution in [0.15, 0.2) is 53.6 Å². The van der Waals surface area contributed by atoms with E-state index in [1.54, 1.807) is 24.3 Å². The number of hydrogen-bond donors (Lipinski definition) is 2. The van der Waals surface area contributed by atoms with Gasteiger partial charge < -0.3 is 10.1 Å². The van der Waals surface area contributed by atoms with Gasteiger partial charge in [-0.25, -0.2) is 9.82 Å². The first kappa shape index (κ1) is 18.1. The van der Waals surface area contributed by atoms with Crippen molar-refractivity contribution in [1.29, 1.82) is 0 Å². The van der Waals surface area contributed by atoms with Crippen LogP contribution >= 0.6 is 0 Å². The number of nitrogens with zero attached hydrogens (tertiary/aromatic N) is 1. The summed E-state index contributed by atoms with van der Waals surface area (Å²) in [5.41, 5.74) is 3.37. The van der Waals surface area contributed by atoms with Gasteiger partial charge in [0, 0.05) is 5.56 Å². The van der Waals surface area contributed by atoms with Crippen LogP contribution in [0.5, 0.6) is 5.75 Å². The van der Waals surface area contributed by atoms with Gasteiger partial charge in [-0.3, -0.25) is 9.59 Å². The quantitative estimate of drug-likeness (QED) is 0.597. The molecular weight excluding hydrogens is 325 g/mol. The molecule has 25 heavy (non-hydrogen) atoms. The first-order chi connectivity index (χ1) is 12.1. The molecule has 130 valence electrons. The van der Waals surface area contributed by atoms with E-state index in [1.165, 1.54) is 30.5 Å². The number of halogens is 1. The summed E-state index contributed by atoms with van der Waals surface area (Å²) in [6, 6.07) is 12.2. The van der Waals surface area contributed by atoms with Gasteiger partial charge in [-0.2, -0.15) is 5.10 Å². The van der Waals surface area contributed by atoms with Crippen molar-refractivity contribution in [3.63, 3.8) is 0 Å². The average molecular weight is 343 g/mol. The fraction of sp³-hybridized carbons (Fsp3) is 0.167. The average Bonchev–Trinajstić information content (AvgIpc) is 2.62. The molecule has 0 saturated carbocycles. The Kier molecular flexibility index (Phi) is 6.65. The molecule has 6 nitrogen and oxygen atoms in total. The highest BCUT2D eigenvalue weighted by molar-refractivity contribution is 5.96. The Hall–Kier alpha value is -3.22. The molecule has 0 heterocycles. The first-order valence-electron chi connectivity index (χ1n) is 7.67. The Bertz CT molecular complexity index is 743. The summed E-state index contributed by atoms with van der Waals surface area (Å²) in [6.07, 6.45) is 1.48. The van der Waals surface area contributed by atoms with Crippen molar-refractivity contribution in [3.05, 3.63) is 65.5 Å². The largest absolute Gasteiger partial charge is 0.494 e. The first-order valence-corrected chi connectivity index (χ1v) is 7.67. The second-order valence-corrected chi connectivity index (χ2v) is 4.98. The summed E-state index contributed by atoms with van der Waals surface area (Å²) in [5, 5.41) is 6.24. The number of hydrazone groups is 1. The third kappa shape index (κ3) is 6.06. The minimum absolute atomic E-state index is 0.239. The fourth-order valence-corrected chi connectivity index (χ4v) is 1.90. The lowest BCUT2D eigenvalue weighted by Crippen LogP contribution is -2.34. The highest BCUT2D eigenvalue weighted by atomic mass is 19.1. The number of hydrogen-bond acceptors (Lipinski definition) is 4. The van der Waals surface area contributed by atoms with Crippen molar-refractivity contribution in [2.75, 3.05) is 13.2 Å². The van der Waals surface area contributed by atoms with Gasteiger partial charge in [-0.15, -0.1) is 0 Å². The van der Waals surface area contributed by atoms with Crippen molar-refractivity contribution < 1.29 is 18.7 Å². The lowest BCUT2D eigenvalue weighted by molar-refractivity contribution is -0.120. The van der Waals surface area contributed by atoms with Crippen LogP contribution < -0.4 is 15.5 Å². The molecule has 2 aromatic carbocycles. The van der Waals surface area contributed by atoms with Gasteiger partial charge >= 0.3 is 0 Å². The molecule has 0 unspecified atom stereocenters. The van der Waals surface area contributed by atoms with Crippen LogP contribution in [0.3, 0.4) is 0 Å². The third-order valence-electron chi connectivity index (χ3n) is 3.11. The van der Waals surface area contributed by atoms with Gasteiger partial charge in [0.25, 0.3) is 11.8 Å². The van der Waals surface area contributed by atoms with E-state index in [1.807, 2.05) is 6.92 Å².